The summed E-state index contributed by atoms with van der Waals surface area (Å²) in [5.74, 6) is 0. The Labute approximate surface area is 172 Å². The third-order valence-corrected chi connectivity index (χ3v) is 6.75. The minimum absolute atomic E-state index is 0.271. The van der Waals surface area contributed by atoms with E-state index in [2.05, 4.69) is 20.8 Å². The maximum Gasteiger partial charge on any atom is 0.333 e. The van der Waals surface area contributed by atoms with Gasteiger partial charge in [-0.3, -0.25) is 0 Å². The Hall–Kier alpha value is -2.38. The Kier molecular flexibility index (Phi) is 5.87. The Morgan fingerprint density at radius 1 is 0.931 bits per heavy atom. The van der Waals surface area contributed by atoms with E-state index in [1.165, 1.54) is 22.3 Å². The fourth-order valence-corrected chi connectivity index (χ4v) is 5.19. The quantitative estimate of drug-likeness (QED) is 0.609. The number of anilines is 1. The largest absolute Gasteiger partial charge is 0.333 e. The molecule has 2 aliphatic carbocycles. The molecule has 0 atom stereocenters. The molecule has 0 heterocycles. The summed E-state index contributed by atoms with van der Waals surface area (Å²) >= 11 is 0. The maximum atomic E-state index is 12.4. The minimum Gasteiger partial charge on any atom is -0.307 e. The first-order valence-corrected chi connectivity index (χ1v) is 11.8. The van der Waals surface area contributed by atoms with Crippen molar-refractivity contribution in [2.45, 2.75) is 51.4 Å². The van der Waals surface area contributed by atoms with Crippen LogP contribution in [-0.4, -0.2) is 21.0 Å². The summed E-state index contributed by atoms with van der Waals surface area (Å²) in [5.41, 5.74) is 6.93. The van der Waals surface area contributed by atoms with Gasteiger partial charge in [-0.25, -0.2) is 9.52 Å². The van der Waals surface area contributed by atoms with Gasteiger partial charge < -0.3 is 5.32 Å². The molecule has 0 fully saturated rings. The predicted octanol–water partition coefficient (Wildman–Crippen LogP) is 3.25. The zero-order valence-electron chi connectivity index (χ0n) is 16.5. The highest BCUT2D eigenvalue weighted by atomic mass is 32.2. The first kappa shape index (κ1) is 19.9. The molecule has 0 radical (unpaired) electrons. The third kappa shape index (κ3) is 4.79. The van der Waals surface area contributed by atoms with Crippen molar-refractivity contribution in [2.24, 2.45) is 0 Å². The van der Waals surface area contributed by atoms with E-state index in [0.717, 1.165) is 56.2 Å². The van der Waals surface area contributed by atoms with Crippen molar-refractivity contribution < 1.29 is 13.2 Å². The number of nitrogens with one attached hydrogen (secondary N) is 3. The Morgan fingerprint density at radius 2 is 1.59 bits per heavy atom. The van der Waals surface area contributed by atoms with Crippen molar-refractivity contribution in [1.82, 2.24) is 9.44 Å². The summed E-state index contributed by atoms with van der Waals surface area (Å²) in [6.45, 7) is 0.271. The zero-order chi connectivity index (χ0) is 20.3. The molecule has 29 heavy (non-hydrogen) atoms. The van der Waals surface area contributed by atoms with Crippen LogP contribution in [0.1, 0.15) is 47.1 Å². The monoisotopic (exact) mass is 413 g/mol. The van der Waals surface area contributed by atoms with E-state index in [4.69, 9.17) is 0 Å². The molecule has 3 N–H and O–H groups in total. The van der Waals surface area contributed by atoms with Gasteiger partial charge in [-0.15, -0.1) is 0 Å². The molecule has 0 bridgehead atoms. The number of hydrogen-bond donors (Lipinski definition) is 3. The van der Waals surface area contributed by atoms with Crippen molar-refractivity contribution in [1.29, 1.82) is 0 Å². The highest BCUT2D eigenvalue weighted by molar-refractivity contribution is 7.88. The second-order valence-corrected chi connectivity index (χ2v) is 9.28. The van der Waals surface area contributed by atoms with Crippen molar-refractivity contribution in [3.05, 3.63) is 64.2 Å². The predicted molar refractivity (Wildman–Crippen MR) is 114 cm³/mol. The number of urea groups is 1. The summed E-state index contributed by atoms with van der Waals surface area (Å²) < 4.78 is 29.0. The number of amides is 2. The van der Waals surface area contributed by atoms with E-state index in [1.54, 1.807) is 0 Å². The molecule has 2 aliphatic rings. The van der Waals surface area contributed by atoms with Crippen LogP contribution in [0.5, 0.6) is 0 Å². The lowest BCUT2D eigenvalue weighted by Gasteiger charge is -2.16. The highest BCUT2D eigenvalue weighted by Crippen LogP contribution is 2.38. The standard InChI is InChI=1S/C22H27N3O3S/c26-22(25-29(27,28)23-14-6-9-16-7-2-1-3-8-16)24-21-19-12-4-10-17(19)15-18-11-5-13-20(18)21/h1-3,7-8,15,23H,4-6,9-14H2,(H2,24,25,26). The van der Waals surface area contributed by atoms with E-state index in [-0.39, 0.29) is 6.54 Å². The second-order valence-electron chi connectivity index (χ2n) is 7.78. The minimum atomic E-state index is -3.90. The highest BCUT2D eigenvalue weighted by Gasteiger charge is 2.25. The van der Waals surface area contributed by atoms with Crippen molar-refractivity contribution in [3.63, 3.8) is 0 Å². The van der Waals surface area contributed by atoms with Gasteiger partial charge >= 0.3 is 16.2 Å². The lowest BCUT2D eigenvalue weighted by molar-refractivity contribution is 0.256. The number of carbonyl (C=O) groups is 1. The zero-order valence-corrected chi connectivity index (χ0v) is 17.3. The van der Waals surface area contributed by atoms with Crippen LogP contribution in [0.4, 0.5) is 10.5 Å². The van der Waals surface area contributed by atoms with E-state index >= 15 is 0 Å². The summed E-state index contributed by atoms with van der Waals surface area (Å²) in [6, 6.07) is 11.5. The van der Waals surface area contributed by atoms with Gasteiger partial charge in [0.1, 0.15) is 0 Å². The fraction of sp³-hybridized carbons (Fsp3) is 0.409. The van der Waals surface area contributed by atoms with Crippen molar-refractivity contribution in [2.75, 3.05) is 11.9 Å². The smallest absolute Gasteiger partial charge is 0.307 e. The molecule has 2 aromatic rings. The lowest BCUT2D eigenvalue weighted by Crippen LogP contribution is -2.43. The summed E-state index contributed by atoms with van der Waals surface area (Å²) in [5, 5.41) is 2.85. The summed E-state index contributed by atoms with van der Waals surface area (Å²) in [7, 11) is -3.90. The molecule has 154 valence electrons. The van der Waals surface area contributed by atoms with Gasteiger partial charge in [-0.05, 0) is 79.2 Å². The molecule has 2 aromatic carbocycles. The molecular formula is C22H27N3O3S. The Balaban J connectivity index is 1.34. The molecule has 7 heteroatoms. The van der Waals surface area contributed by atoms with Crippen LogP contribution in [0.25, 0.3) is 0 Å². The molecule has 0 spiro atoms. The fourth-order valence-electron chi connectivity index (χ4n) is 4.41. The molecule has 0 saturated heterocycles. The molecule has 6 nitrogen and oxygen atoms in total. The van der Waals surface area contributed by atoms with Crippen LogP contribution in [0.2, 0.25) is 0 Å². The van der Waals surface area contributed by atoms with Crippen LogP contribution >= 0.6 is 0 Å². The average Bonchev–Trinajstić information content (AvgIpc) is 3.34. The number of rotatable bonds is 7. The van der Waals surface area contributed by atoms with Crippen LogP contribution < -0.4 is 14.8 Å². The number of aryl methyl sites for hydroxylation is 3. The van der Waals surface area contributed by atoms with Gasteiger partial charge in [0.2, 0.25) is 0 Å². The number of hydrogen-bond acceptors (Lipinski definition) is 3. The average molecular weight is 414 g/mol. The number of fused-ring (bicyclic) bond motifs is 2. The van der Waals surface area contributed by atoms with Crippen LogP contribution in [-0.2, 0) is 42.3 Å². The van der Waals surface area contributed by atoms with Crippen LogP contribution in [0.15, 0.2) is 36.4 Å². The van der Waals surface area contributed by atoms with Gasteiger partial charge in [-0.2, -0.15) is 13.1 Å². The third-order valence-electron chi connectivity index (χ3n) is 5.72. The second kappa shape index (κ2) is 8.55. The van der Waals surface area contributed by atoms with Crippen molar-refractivity contribution in [3.8, 4) is 0 Å². The molecule has 0 saturated carbocycles. The first-order valence-electron chi connectivity index (χ1n) is 10.3. The molecular weight excluding hydrogens is 386 g/mol. The number of benzene rings is 2. The van der Waals surface area contributed by atoms with E-state index in [0.29, 0.717) is 6.42 Å². The molecule has 2 amide bonds. The van der Waals surface area contributed by atoms with Gasteiger partial charge in [0.05, 0.1) is 0 Å². The lowest BCUT2D eigenvalue weighted by atomic mass is 9.99. The van der Waals surface area contributed by atoms with Crippen LogP contribution in [0.3, 0.4) is 0 Å². The Bertz CT molecular complexity index is 971. The van der Waals surface area contributed by atoms with E-state index < -0.39 is 16.2 Å². The van der Waals surface area contributed by atoms with Gasteiger partial charge in [-0.1, -0.05) is 36.4 Å². The molecule has 0 aromatic heterocycles. The summed E-state index contributed by atoms with van der Waals surface area (Å²) in [6.07, 6.45) is 7.52. The summed E-state index contributed by atoms with van der Waals surface area (Å²) in [4.78, 5) is 12.4. The maximum absolute atomic E-state index is 12.4. The van der Waals surface area contributed by atoms with Gasteiger partial charge in [0.15, 0.2) is 0 Å². The molecule has 0 aliphatic heterocycles. The topological polar surface area (TPSA) is 87.3 Å². The van der Waals surface area contributed by atoms with E-state index in [9.17, 15) is 13.2 Å². The molecule has 0 unspecified atom stereocenters. The van der Waals surface area contributed by atoms with Crippen LogP contribution in [0, 0.1) is 0 Å². The normalized spacial score (nSPS) is 15.0. The van der Waals surface area contributed by atoms with Gasteiger partial charge in [0.25, 0.3) is 0 Å². The molecule has 4 rings (SSSR count). The SMILES string of the molecule is O=C(Nc1c2c(cc3c1CCC3)CCC2)NS(=O)(=O)NCCCc1ccccc1. The Morgan fingerprint density at radius 3 is 2.24 bits per heavy atom. The van der Waals surface area contributed by atoms with E-state index in [1.807, 2.05) is 30.3 Å². The first-order chi connectivity index (χ1) is 14.0. The van der Waals surface area contributed by atoms with Gasteiger partial charge in [0, 0.05) is 12.2 Å². The van der Waals surface area contributed by atoms with Crippen molar-refractivity contribution >= 4 is 21.9 Å². The number of carbonyl (C=O) groups excluding carboxylic acids is 1.